The summed E-state index contributed by atoms with van der Waals surface area (Å²) >= 11 is 0. The third-order valence-electron chi connectivity index (χ3n) is 8.40. The van der Waals surface area contributed by atoms with Crippen LogP contribution in [0.3, 0.4) is 0 Å². The second-order valence-corrected chi connectivity index (χ2v) is 10.9. The maximum absolute atomic E-state index is 13.8. The van der Waals surface area contributed by atoms with E-state index < -0.39 is 45.8 Å². The van der Waals surface area contributed by atoms with Crippen molar-refractivity contribution in [2.75, 3.05) is 0 Å². The van der Waals surface area contributed by atoms with E-state index in [1.54, 1.807) is 12.1 Å². The first-order chi connectivity index (χ1) is 23.8. The zero-order valence-electron chi connectivity index (χ0n) is 24.9. The van der Waals surface area contributed by atoms with Crippen molar-refractivity contribution in [3.05, 3.63) is 128 Å². The number of hydrogen-bond acceptors (Lipinski definition) is 6. The van der Waals surface area contributed by atoms with Gasteiger partial charge in [-0.2, -0.15) is 57.9 Å². The monoisotopic (exact) mass is 666 g/mol. The van der Waals surface area contributed by atoms with Crippen LogP contribution >= 0.6 is 0 Å². The summed E-state index contributed by atoms with van der Waals surface area (Å²) < 4.78 is 83.0. The number of allylic oxidation sites excluding steroid dienone is 6. The Morgan fingerprint density at radius 1 is 0.440 bits per heavy atom. The molecule has 0 fully saturated rings. The summed E-state index contributed by atoms with van der Waals surface area (Å²) in [5, 5.41) is 59.6. The van der Waals surface area contributed by atoms with Crippen LogP contribution in [0.15, 0.2) is 83.9 Å². The molecule has 0 unspecified atom stereocenters. The molecule has 4 aromatic rings. The van der Waals surface area contributed by atoms with Gasteiger partial charge in [-0.25, -0.2) is 0 Å². The number of alkyl halides is 6. The van der Waals surface area contributed by atoms with Gasteiger partial charge in [-0.05, 0) is 57.6 Å². The van der Waals surface area contributed by atoms with E-state index in [-0.39, 0.29) is 66.8 Å². The van der Waals surface area contributed by atoms with E-state index in [4.69, 9.17) is 0 Å². The van der Waals surface area contributed by atoms with Crippen LogP contribution in [0, 0.1) is 68.0 Å². The predicted molar refractivity (Wildman–Crippen MR) is 166 cm³/mol. The average Bonchev–Trinajstić information content (AvgIpc) is 3.60. The lowest BCUT2D eigenvalue weighted by Gasteiger charge is -2.17. The minimum Gasteiger partial charge on any atom is -0.192 e. The lowest BCUT2D eigenvalue weighted by atomic mass is 9.86. The van der Waals surface area contributed by atoms with Gasteiger partial charge in [-0.15, -0.1) is 0 Å². The topological polar surface area (TPSA) is 143 Å². The Kier molecular flexibility index (Phi) is 7.62. The van der Waals surface area contributed by atoms with Gasteiger partial charge in [-0.1, -0.05) is 48.5 Å². The molecule has 0 N–H and O–H groups in total. The molecule has 0 bridgehead atoms. The molecule has 0 saturated carbocycles. The maximum Gasteiger partial charge on any atom is 0.417 e. The number of rotatable bonds is 2. The van der Waals surface area contributed by atoms with E-state index in [1.165, 1.54) is 48.5 Å². The normalized spacial score (nSPS) is 12.7. The molecule has 12 heteroatoms. The van der Waals surface area contributed by atoms with Crippen molar-refractivity contribution in [1.82, 2.24) is 0 Å². The molecule has 0 atom stereocenters. The van der Waals surface area contributed by atoms with E-state index in [9.17, 15) is 57.9 Å². The molecule has 2 aliphatic carbocycles. The highest BCUT2D eigenvalue weighted by Crippen LogP contribution is 2.60. The Morgan fingerprint density at radius 2 is 0.800 bits per heavy atom. The van der Waals surface area contributed by atoms with Crippen LogP contribution in [-0.2, 0) is 12.4 Å². The van der Waals surface area contributed by atoms with Gasteiger partial charge in [0.1, 0.15) is 47.6 Å². The fourth-order valence-electron chi connectivity index (χ4n) is 6.42. The smallest absolute Gasteiger partial charge is 0.192 e. The number of nitriles is 6. The summed E-state index contributed by atoms with van der Waals surface area (Å²) in [5.41, 5.74) is -2.88. The summed E-state index contributed by atoms with van der Waals surface area (Å²) in [5.74, 6) is 0. The Bertz CT molecular complexity index is 2370. The van der Waals surface area contributed by atoms with E-state index in [2.05, 4.69) is 0 Å². The first kappa shape index (κ1) is 32.6. The first-order valence-electron chi connectivity index (χ1n) is 14.2. The SMILES string of the molecule is N#CC(C#N)=C1C2=C(C(=C(C#N)C#N)c3ccc(-c4cccc(C(F)(F)F)c4C#N)cc32)c2cc(-c3cccc(C(F)(F)F)c3C#N)ccc21. The van der Waals surface area contributed by atoms with E-state index >= 15 is 0 Å². The summed E-state index contributed by atoms with van der Waals surface area (Å²) in [6.45, 7) is 0. The van der Waals surface area contributed by atoms with Crippen LogP contribution in [0.4, 0.5) is 26.3 Å². The third kappa shape index (κ3) is 4.85. The largest absolute Gasteiger partial charge is 0.417 e. The van der Waals surface area contributed by atoms with Crippen LogP contribution < -0.4 is 0 Å². The molecule has 6 rings (SSSR count). The van der Waals surface area contributed by atoms with E-state index in [0.717, 1.165) is 24.3 Å². The van der Waals surface area contributed by atoms with E-state index in [0.29, 0.717) is 0 Å². The van der Waals surface area contributed by atoms with Gasteiger partial charge in [0, 0.05) is 33.4 Å². The summed E-state index contributed by atoms with van der Waals surface area (Å²) in [6, 6.07) is 25.5. The molecule has 0 heterocycles. The van der Waals surface area contributed by atoms with Gasteiger partial charge in [-0.3, -0.25) is 0 Å². The molecule has 236 valence electrons. The summed E-state index contributed by atoms with van der Waals surface area (Å²) in [4.78, 5) is 0. The molecule has 4 aromatic carbocycles. The van der Waals surface area contributed by atoms with Crippen LogP contribution in [0.2, 0.25) is 0 Å². The van der Waals surface area contributed by atoms with Crippen LogP contribution in [0.5, 0.6) is 0 Å². The van der Waals surface area contributed by atoms with E-state index in [1.807, 2.05) is 24.3 Å². The Labute approximate surface area is 279 Å². The van der Waals surface area contributed by atoms with Gasteiger partial charge >= 0.3 is 12.4 Å². The molecular formula is C38H12F6N6. The quantitative estimate of drug-likeness (QED) is 0.154. The predicted octanol–water partition coefficient (Wildman–Crippen LogP) is 9.34. The van der Waals surface area contributed by atoms with Crippen LogP contribution in [0.25, 0.3) is 44.5 Å². The molecule has 0 aliphatic heterocycles. The highest BCUT2D eigenvalue weighted by atomic mass is 19.4. The number of benzene rings is 4. The lowest BCUT2D eigenvalue weighted by molar-refractivity contribution is -0.138. The minimum atomic E-state index is -4.85. The summed E-state index contributed by atoms with van der Waals surface area (Å²) in [7, 11) is 0. The summed E-state index contributed by atoms with van der Waals surface area (Å²) in [6.07, 6.45) is -9.70. The Balaban J connectivity index is 1.71. The van der Waals surface area contributed by atoms with Crippen molar-refractivity contribution < 1.29 is 26.3 Å². The van der Waals surface area contributed by atoms with Gasteiger partial charge in [0.25, 0.3) is 0 Å². The molecule has 50 heavy (non-hydrogen) atoms. The fourth-order valence-corrected chi connectivity index (χ4v) is 6.42. The Hall–Kier alpha value is -7.38. The first-order valence-corrected chi connectivity index (χ1v) is 14.2. The van der Waals surface area contributed by atoms with Crippen molar-refractivity contribution in [2.45, 2.75) is 12.4 Å². The highest BCUT2D eigenvalue weighted by molar-refractivity contribution is 6.38. The van der Waals surface area contributed by atoms with Crippen molar-refractivity contribution in [2.24, 2.45) is 0 Å². The molecule has 0 spiro atoms. The fraction of sp³-hybridized carbons (Fsp3) is 0.0526. The Morgan fingerprint density at radius 3 is 1.10 bits per heavy atom. The molecule has 0 amide bonds. The lowest BCUT2D eigenvalue weighted by Crippen LogP contribution is -2.08. The maximum atomic E-state index is 13.8. The minimum absolute atomic E-state index is 0.0595. The second-order valence-electron chi connectivity index (χ2n) is 10.9. The third-order valence-corrected chi connectivity index (χ3v) is 8.40. The van der Waals surface area contributed by atoms with Gasteiger partial charge < -0.3 is 0 Å². The van der Waals surface area contributed by atoms with Crippen molar-refractivity contribution in [1.29, 1.82) is 31.6 Å². The van der Waals surface area contributed by atoms with Crippen molar-refractivity contribution >= 4 is 22.3 Å². The molecule has 0 aromatic heterocycles. The molecule has 2 aliphatic rings. The highest BCUT2D eigenvalue weighted by Gasteiger charge is 2.41. The second kappa shape index (κ2) is 11.7. The standard InChI is InChI=1S/C38H12F6N6/c39-37(40,41)31-5-1-3-23(29(31)17-49)19-7-9-25-27(11-19)35-34(22(15-47)16-48)26-10-8-20(12-28(26)36(35)33(25)21(13-45)14-46)24-4-2-6-32(30(24)18-50)38(42,43)44/h1-12H. The molecule has 6 nitrogen and oxygen atoms in total. The number of halogens is 6. The zero-order valence-corrected chi connectivity index (χ0v) is 24.9. The zero-order chi connectivity index (χ0) is 36.1. The van der Waals surface area contributed by atoms with Gasteiger partial charge in [0.15, 0.2) is 0 Å². The number of hydrogen-bond donors (Lipinski definition) is 0. The average molecular weight is 667 g/mol. The van der Waals surface area contributed by atoms with Crippen molar-refractivity contribution in [3.8, 4) is 58.7 Å². The van der Waals surface area contributed by atoms with Crippen molar-refractivity contribution in [3.63, 3.8) is 0 Å². The van der Waals surface area contributed by atoms with Crippen LogP contribution in [0.1, 0.15) is 44.5 Å². The van der Waals surface area contributed by atoms with Crippen LogP contribution in [-0.4, -0.2) is 0 Å². The van der Waals surface area contributed by atoms with Gasteiger partial charge in [0.2, 0.25) is 0 Å². The van der Waals surface area contributed by atoms with Gasteiger partial charge in [0.05, 0.1) is 22.3 Å². The molecular weight excluding hydrogens is 654 g/mol. The molecule has 0 saturated heterocycles. The molecule has 0 radical (unpaired) electrons. The number of nitrogens with zero attached hydrogens (tertiary/aromatic N) is 6. The number of fused-ring (bicyclic) bond motifs is 4.